The highest BCUT2D eigenvalue weighted by Crippen LogP contribution is 2.17. The molecule has 0 radical (unpaired) electrons. The highest BCUT2D eigenvalue weighted by molar-refractivity contribution is 5.71. The lowest BCUT2D eigenvalue weighted by atomic mass is 10.0. The van der Waals surface area contributed by atoms with Crippen LogP contribution in [0.1, 0.15) is 310 Å². The van der Waals surface area contributed by atoms with E-state index in [-0.39, 0.29) is 37.5 Å². The fraction of sp³-hybridized carbons (Fsp3) is 0.689. The molecule has 0 aromatic rings. The molecule has 1 unspecified atom stereocenters. The Morgan fingerprint density at radius 2 is 0.500 bits per heavy atom. The zero-order valence-corrected chi connectivity index (χ0v) is 52.3. The van der Waals surface area contributed by atoms with Crippen molar-refractivity contribution < 1.29 is 28.6 Å². The first kappa shape index (κ1) is 75.8. The second-order valence-corrected chi connectivity index (χ2v) is 22.0. The molecule has 0 amide bonds. The van der Waals surface area contributed by atoms with Gasteiger partial charge in [-0.15, -0.1) is 0 Å². The van der Waals surface area contributed by atoms with Gasteiger partial charge in [0.25, 0.3) is 0 Å². The Balaban J connectivity index is 4.27. The maximum absolute atomic E-state index is 12.9. The van der Waals surface area contributed by atoms with Crippen LogP contribution in [0.25, 0.3) is 0 Å². The Bertz CT molecular complexity index is 1650. The summed E-state index contributed by atoms with van der Waals surface area (Å²) in [7, 11) is 0. The van der Waals surface area contributed by atoms with E-state index in [0.717, 1.165) is 116 Å². The maximum atomic E-state index is 12.9. The number of rotatable bonds is 60. The van der Waals surface area contributed by atoms with Crippen molar-refractivity contribution in [3.05, 3.63) is 122 Å². The van der Waals surface area contributed by atoms with Crippen molar-refractivity contribution in [1.29, 1.82) is 0 Å². The topological polar surface area (TPSA) is 78.9 Å². The molecule has 0 saturated carbocycles. The molecule has 0 aromatic carbocycles. The minimum atomic E-state index is -0.813. The Morgan fingerprint density at radius 1 is 0.263 bits per heavy atom. The van der Waals surface area contributed by atoms with Gasteiger partial charge in [-0.3, -0.25) is 14.4 Å². The molecule has 1 atom stereocenters. The number of allylic oxidation sites excluding steroid dienone is 20. The average Bonchev–Trinajstić information content (AvgIpc) is 3.46. The Morgan fingerprint density at radius 3 is 0.812 bits per heavy atom. The standard InChI is InChI=1S/C74H124O6/c1-4-7-10-13-16-19-22-25-28-30-31-32-33-34-35-36-37-38-39-40-41-42-43-45-46-49-52-55-58-61-64-67-73(76)79-70-71(69-78-72(75)66-63-60-57-54-51-48-27-24-21-18-15-12-9-6-3)80-74(77)68-65-62-59-56-53-50-47-44-29-26-23-20-17-14-11-8-5-2/h7-8,10-11,16-17,19-20,24-29,31-32,47,50,56,59,71H,4-6,9,12-15,18,21-23,30,33-46,48-49,51-55,57-58,60-70H2,1-3H3/b10-7-,11-8-,19-16-,20-17-,27-24-,28-25-,29-26-,32-31-,50-47-,59-56-. The van der Waals surface area contributed by atoms with Crippen LogP contribution in [-0.4, -0.2) is 37.2 Å². The molecule has 0 rings (SSSR count). The summed E-state index contributed by atoms with van der Waals surface area (Å²) in [5.74, 6) is -0.962. The molecule has 0 N–H and O–H groups in total. The first-order valence-corrected chi connectivity index (χ1v) is 33.5. The maximum Gasteiger partial charge on any atom is 0.306 e. The fourth-order valence-corrected chi connectivity index (χ4v) is 9.23. The van der Waals surface area contributed by atoms with Gasteiger partial charge < -0.3 is 14.2 Å². The van der Waals surface area contributed by atoms with Crippen LogP contribution in [0.3, 0.4) is 0 Å². The van der Waals surface area contributed by atoms with Crippen molar-refractivity contribution in [2.75, 3.05) is 13.2 Å². The van der Waals surface area contributed by atoms with E-state index in [2.05, 4.69) is 142 Å². The van der Waals surface area contributed by atoms with Gasteiger partial charge in [0.2, 0.25) is 0 Å². The summed E-state index contributed by atoms with van der Waals surface area (Å²) in [4.78, 5) is 38.3. The molecule has 0 bridgehead atoms. The third-order valence-electron chi connectivity index (χ3n) is 14.2. The van der Waals surface area contributed by atoms with E-state index in [9.17, 15) is 14.4 Å². The van der Waals surface area contributed by atoms with Crippen LogP contribution in [0.15, 0.2) is 122 Å². The molecule has 6 nitrogen and oxygen atoms in total. The first-order valence-electron chi connectivity index (χ1n) is 33.5. The zero-order chi connectivity index (χ0) is 57.8. The van der Waals surface area contributed by atoms with Crippen LogP contribution in [0.5, 0.6) is 0 Å². The predicted molar refractivity (Wildman–Crippen MR) is 348 cm³/mol. The first-order chi connectivity index (χ1) is 39.5. The SMILES string of the molecule is CC/C=C\C/C=C\C/C=C\C/C=C\C/C=C\CCCC(=O)OC(COC(=O)CCCCCCC/C=C\CCCCCCC)COC(=O)CCCCCCCCCCCCCCCCCCCC/C=C\C/C=C\C/C=C\C/C=C\CC. The normalized spacial score (nSPS) is 12.9. The summed E-state index contributed by atoms with van der Waals surface area (Å²) < 4.78 is 16.9. The van der Waals surface area contributed by atoms with E-state index in [4.69, 9.17) is 14.2 Å². The number of carbonyl (C=O) groups excluding carboxylic acids is 3. The molecule has 80 heavy (non-hydrogen) atoms. The highest BCUT2D eigenvalue weighted by atomic mass is 16.6. The zero-order valence-electron chi connectivity index (χ0n) is 52.3. The Kier molecular flexibility index (Phi) is 63.8. The van der Waals surface area contributed by atoms with Gasteiger partial charge >= 0.3 is 17.9 Å². The number of hydrogen-bond donors (Lipinski definition) is 0. The van der Waals surface area contributed by atoms with Crippen LogP contribution in [0.4, 0.5) is 0 Å². The fourth-order valence-electron chi connectivity index (χ4n) is 9.23. The van der Waals surface area contributed by atoms with E-state index in [1.54, 1.807) is 0 Å². The average molecular weight is 1110 g/mol. The molecule has 0 saturated heterocycles. The Hall–Kier alpha value is -4.19. The van der Waals surface area contributed by atoms with Crippen LogP contribution >= 0.6 is 0 Å². The van der Waals surface area contributed by atoms with Crippen molar-refractivity contribution in [3.63, 3.8) is 0 Å². The lowest BCUT2D eigenvalue weighted by molar-refractivity contribution is -0.167. The van der Waals surface area contributed by atoms with Gasteiger partial charge in [-0.25, -0.2) is 0 Å². The van der Waals surface area contributed by atoms with Crippen LogP contribution in [0.2, 0.25) is 0 Å². The minimum absolute atomic E-state index is 0.103. The summed E-state index contributed by atoms with van der Waals surface area (Å²) in [6.45, 7) is 6.37. The van der Waals surface area contributed by atoms with Crippen LogP contribution in [0, 0.1) is 0 Å². The minimum Gasteiger partial charge on any atom is -0.462 e. The summed E-state index contributed by atoms with van der Waals surface area (Å²) in [5, 5.41) is 0. The van der Waals surface area contributed by atoms with Gasteiger partial charge in [0.05, 0.1) is 0 Å². The summed E-state index contributed by atoms with van der Waals surface area (Å²) in [6.07, 6.45) is 93.7. The second-order valence-electron chi connectivity index (χ2n) is 22.0. The van der Waals surface area contributed by atoms with Crippen molar-refractivity contribution >= 4 is 17.9 Å². The highest BCUT2D eigenvalue weighted by Gasteiger charge is 2.19. The van der Waals surface area contributed by atoms with E-state index in [0.29, 0.717) is 19.3 Å². The molecule has 0 heterocycles. The quantitative estimate of drug-likeness (QED) is 0.0261. The lowest BCUT2D eigenvalue weighted by Gasteiger charge is -2.18. The van der Waals surface area contributed by atoms with Gasteiger partial charge in [-0.2, -0.15) is 0 Å². The molecule has 0 fully saturated rings. The van der Waals surface area contributed by atoms with Crippen molar-refractivity contribution in [2.45, 2.75) is 316 Å². The molecule has 0 aliphatic carbocycles. The molecule has 6 heteroatoms. The number of esters is 3. The molecule has 0 spiro atoms. The molecule has 0 aliphatic heterocycles. The molecule has 0 aromatic heterocycles. The smallest absolute Gasteiger partial charge is 0.306 e. The van der Waals surface area contributed by atoms with Crippen LogP contribution < -0.4 is 0 Å². The Labute approximate surface area is 494 Å². The predicted octanol–water partition coefficient (Wildman–Crippen LogP) is 23.2. The van der Waals surface area contributed by atoms with Gasteiger partial charge in [0.1, 0.15) is 13.2 Å². The van der Waals surface area contributed by atoms with E-state index < -0.39 is 6.10 Å². The van der Waals surface area contributed by atoms with E-state index >= 15 is 0 Å². The van der Waals surface area contributed by atoms with Crippen LogP contribution in [-0.2, 0) is 28.6 Å². The summed E-state index contributed by atoms with van der Waals surface area (Å²) >= 11 is 0. The summed E-state index contributed by atoms with van der Waals surface area (Å²) in [6, 6.07) is 0. The van der Waals surface area contributed by atoms with Gasteiger partial charge in [-0.05, 0) is 122 Å². The number of carbonyl (C=O) groups is 3. The van der Waals surface area contributed by atoms with Crippen molar-refractivity contribution in [3.8, 4) is 0 Å². The molecule has 456 valence electrons. The third-order valence-corrected chi connectivity index (χ3v) is 14.2. The summed E-state index contributed by atoms with van der Waals surface area (Å²) in [5.41, 5.74) is 0. The number of ether oxygens (including phenoxy) is 3. The molecule has 0 aliphatic rings. The number of hydrogen-bond acceptors (Lipinski definition) is 6. The van der Waals surface area contributed by atoms with Gasteiger partial charge in [0.15, 0.2) is 6.10 Å². The van der Waals surface area contributed by atoms with E-state index in [1.165, 1.54) is 148 Å². The van der Waals surface area contributed by atoms with Crippen molar-refractivity contribution in [2.24, 2.45) is 0 Å². The second kappa shape index (κ2) is 67.3. The van der Waals surface area contributed by atoms with Gasteiger partial charge in [-0.1, -0.05) is 290 Å². The molecular weight excluding hydrogens is 985 g/mol. The third kappa shape index (κ3) is 64.6. The van der Waals surface area contributed by atoms with E-state index in [1.807, 2.05) is 0 Å². The number of unbranched alkanes of at least 4 members (excludes halogenated alkanes) is 29. The largest absolute Gasteiger partial charge is 0.462 e. The van der Waals surface area contributed by atoms with Crippen molar-refractivity contribution in [1.82, 2.24) is 0 Å². The molecular formula is C74H124O6. The monoisotopic (exact) mass is 1110 g/mol. The lowest BCUT2D eigenvalue weighted by Crippen LogP contribution is -2.30. The van der Waals surface area contributed by atoms with Gasteiger partial charge in [0, 0.05) is 19.3 Å².